The molecule has 0 amide bonds. The molecule has 0 unspecified atom stereocenters. The summed E-state index contributed by atoms with van der Waals surface area (Å²) in [5, 5.41) is 0.604. The number of benzene rings is 1. The van der Waals surface area contributed by atoms with Gasteiger partial charge >= 0.3 is 0 Å². The molecule has 0 saturated heterocycles. The van der Waals surface area contributed by atoms with Crippen LogP contribution < -0.4 is 5.56 Å². The molecule has 4 heteroatoms. The van der Waals surface area contributed by atoms with Gasteiger partial charge in [0.1, 0.15) is 0 Å². The Kier molecular flexibility index (Phi) is 7.46. The Labute approximate surface area is 104 Å². The number of nitrogens with zero attached hydrogens (tertiary/aromatic N) is 1. The Morgan fingerprint density at radius 1 is 1.19 bits per heavy atom. The Morgan fingerprint density at radius 3 is 2.44 bits per heavy atom. The number of nitrogens with one attached hydrogen (secondary N) is 1. The monoisotopic (exact) mass is 284 g/mol. The van der Waals surface area contributed by atoms with Crippen molar-refractivity contribution in [2.45, 2.75) is 27.7 Å². The van der Waals surface area contributed by atoms with Gasteiger partial charge in [0.05, 0.1) is 17.2 Å². The average Bonchev–Trinajstić information content (AvgIpc) is 2.35. The molecule has 88 valence electrons. The fourth-order valence-electron chi connectivity index (χ4n) is 1.04. The summed E-state index contributed by atoms with van der Waals surface area (Å²) in [6.45, 7) is 8.00. The van der Waals surface area contributed by atoms with Crippen LogP contribution in [-0.4, -0.2) is 9.97 Å². The number of rotatable bonds is 0. The van der Waals surface area contributed by atoms with Gasteiger partial charge in [0.15, 0.2) is 0 Å². The lowest BCUT2D eigenvalue weighted by Gasteiger charge is -1.94. The first-order chi connectivity index (χ1) is 7.77. The van der Waals surface area contributed by atoms with Crippen LogP contribution in [0.5, 0.6) is 0 Å². The normalized spacial score (nSPS) is 8.56. The van der Waals surface area contributed by atoms with Crippen molar-refractivity contribution in [2.75, 3.05) is 0 Å². The Bertz CT molecular complexity index is 480. The second-order valence-electron chi connectivity index (χ2n) is 2.39. The molecule has 0 atom stereocenters. The quantitative estimate of drug-likeness (QED) is 0.801. The third-order valence-electron chi connectivity index (χ3n) is 1.60. The maximum absolute atomic E-state index is 11.2. The topological polar surface area (TPSA) is 45.8 Å². The van der Waals surface area contributed by atoms with Crippen LogP contribution in [0.2, 0.25) is 0 Å². The second-order valence-corrected chi connectivity index (χ2v) is 3.31. The molecule has 0 aliphatic heterocycles. The molecule has 0 fully saturated rings. The third kappa shape index (κ3) is 3.77. The van der Waals surface area contributed by atoms with Crippen LogP contribution in [0, 0.1) is 0 Å². The van der Waals surface area contributed by atoms with E-state index in [9.17, 15) is 4.79 Å². The predicted molar refractivity (Wildman–Crippen MR) is 72.8 cm³/mol. The summed E-state index contributed by atoms with van der Waals surface area (Å²) in [7, 11) is 0. The van der Waals surface area contributed by atoms with Crippen LogP contribution in [-0.2, 0) is 0 Å². The van der Waals surface area contributed by atoms with Crippen LogP contribution in [0.25, 0.3) is 10.9 Å². The van der Waals surface area contributed by atoms with Gasteiger partial charge in [-0.1, -0.05) is 43.6 Å². The highest BCUT2D eigenvalue weighted by molar-refractivity contribution is 9.10. The molecular formula is C12H17BrN2O. The zero-order chi connectivity index (χ0) is 12.6. The van der Waals surface area contributed by atoms with E-state index in [0.29, 0.717) is 10.9 Å². The number of hydrogen-bond acceptors (Lipinski definition) is 2. The van der Waals surface area contributed by atoms with Crippen molar-refractivity contribution in [1.82, 2.24) is 9.97 Å². The first-order valence-corrected chi connectivity index (χ1v) is 6.19. The first kappa shape index (κ1) is 14.8. The van der Waals surface area contributed by atoms with E-state index in [1.54, 1.807) is 12.1 Å². The van der Waals surface area contributed by atoms with Gasteiger partial charge in [-0.2, -0.15) is 0 Å². The van der Waals surface area contributed by atoms with Gasteiger partial charge in [-0.3, -0.25) is 4.79 Å². The summed E-state index contributed by atoms with van der Waals surface area (Å²) in [5.41, 5.74) is 0.600. The zero-order valence-corrected chi connectivity index (χ0v) is 11.6. The minimum Gasteiger partial charge on any atom is -0.313 e. The molecule has 0 saturated carbocycles. The number of aromatic amines is 1. The molecule has 1 N–H and O–H groups in total. The fourth-order valence-corrected chi connectivity index (χ4v) is 1.40. The minimum atomic E-state index is -0.110. The smallest absolute Gasteiger partial charge is 0.258 e. The van der Waals surface area contributed by atoms with Crippen LogP contribution in [0.4, 0.5) is 0 Å². The SMILES string of the molecule is CC.CC.O=c1[nH]cnc2ccc(Br)cc12. The number of hydrogen-bond donors (Lipinski definition) is 1. The van der Waals surface area contributed by atoms with Crippen molar-refractivity contribution >= 4 is 26.8 Å². The number of aromatic nitrogens is 2. The van der Waals surface area contributed by atoms with Gasteiger partial charge in [0.2, 0.25) is 0 Å². The highest BCUT2D eigenvalue weighted by Gasteiger charge is 1.97. The van der Waals surface area contributed by atoms with Crippen LogP contribution >= 0.6 is 15.9 Å². The maximum Gasteiger partial charge on any atom is 0.258 e. The molecule has 2 aromatic rings. The Balaban J connectivity index is 0.000000509. The molecule has 0 radical (unpaired) electrons. The Morgan fingerprint density at radius 2 is 1.81 bits per heavy atom. The standard InChI is InChI=1S/C8H5BrN2O.2C2H6/c9-5-1-2-7-6(3-5)8(12)11-4-10-7;2*1-2/h1-4H,(H,10,11,12);2*1-2H3. The van der Waals surface area contributed by atoms with Gasteiger partial charge in [0.25, 0.3) is 5.56 Å². The molecule has 0 bridgehead atoms. The highest BCUT2D eigenvalue weighted by Crippen LogP contribution is 2.13. The van der Waals surface area contributed by atoms with E-state index in [2.05, 4.69) is 25.9 Å². The van der Waals surface area contributed by atoms with E-state index in [1.807, 2.05) is 33.8 Å². The fraction of sp³-hybridized carbons (Fsp3) is 0.333. The van der Waals surface area contributed by atoms with Crippen molar-refractivity contribution in [1.29, 1.82) is 0 Å². The summed E-state index contributed by atoms with van der Waals surface area (Å²) in [6, 6.07) is 5.41. The van der Waals surface area contributed by atoms with Gasteiger partial charge < -0.3 is 4.98 Å². The predicted octanol–water partition coefficient (Wildman–Crippen LogP) is 3.74. The summed E-state index contributed by atoms with van der Waals surface area (Å²) < 4.78 is 0.883. The zero-order valence-electron chi connectivity index (χ0n) is 10.0. The maximum atomic E-state index is 11.2. The highest BCUT2D eigenvalue weighted by atomic mass is 79.9. The summed E-state index contributed by atoms with van der Waals surface area (Å²) in [5.74, 6) is 0. The Hall–Kier alpha value is -1.16. The molecule has 0 aliphatic rings. The summed E-state index contributed by atoms with van der Waals surface area (Å²) in [6.07, 6.45) is 1.40. The number of halogens is 1. The molecule has 2 rings (SSSR count). The minimum absolute atomic E-state index is 0.110. The van der Waals surface area contributed by atoms with E-state index < -0.39 is 0 Å². The summed E-state index contributed by atoms with van der Waals surface area (Å²) >= 11 is 3.29. The average molecular weight is 285 g/mol. The molecule has 16 heavy (non-hydrogen) atoms. The number of fused-ring (bicyclic) bond motifs is 1. The van der Waals surface area contributed by atoms with Crippen molar-refractivity contribution < 1.29 is 0 Å². The van der Waals surface area contributed by atoms with Crippen molar-refractivity contribution in [2.24, 2.45) is 0 Å². The second kappa shape index (κ2) is 8.05. The van der Waals surface area contributed by atoms with Crippen molar-refractivity contribution in [3.8, 4) is 0 Å². The number of H-pyrrole nitrogens is 1. The van der Waals surface area contributed by atoms with E-state index in [4.69, 9.17) is 0 Å². The van der Waals surface area contributed by atoms with E-state index in [-0.39, 0.29) is 5.56 Å². The van der Waals surface area contributed by atoms with E-state index in [0.717, 1.165) is 4.47 Å². The van der Waals surface area contributed by atoms with Gasteiger partial charge in [-0.25, -0.2) is 4.98 Å². The van der Waals surface area contributed by atoms with Crippen LogP contribution in [0.15, 0.2) is 33.8 Å². The molecule has 0 spiro atoms. The lowest BCUT2D eigenvalue weighted by Crippen LogP contribution is -2.05. The molecule has 1 heterocycles. The van der Waals surface area contributed by atoms with Gasteiger partial charge in [-0.05, 0) is 18.2 Å². The molecule has 3 nitrogen and oxygen atoms in total. The summed E-state index contributed by atoms with van der Waals surface area (Å²) in [4.78, 5) is 17.7. The van der Waals surface area contributed by atoms with Crippen molar-refractivity contribution in [3.63, 3.8) is 0 Å². The lowest BCUT2D eigenvalue weighted by molar-refractivity contribution is 1.17. The van der Waals surface area contributed by atoms with E-state index in [1.165, 1.54) is 6.33 Å². The third-order valence-corrected chi connectivity index (χ3v) is 2.10. The first-order valence-electron chi connectivity index (χ1n) is 5.40. The molecular weight excluding hydrogens is 268 g/mol. The van der Waals surface area contributed by atoms with Gasteiger partial charge in [0, 0.05) is 4.47 Å². The van der Waals surface area contributed by atoms with Crippen LogP contribution in [0.1, 0.15) is 27.7 Å². The lowest BCUT2D eigenvalue weighted by atomic mass is 10.2. The van der Waals surface area contributed by atoms with E-state index >= 15 is 0 Å². The van der Waals surface area contributed by atoms with Gasteiger partial charge in [-0.15, -0.1) is 0 Å². The molecule has 0 aliphatic carbocycles. The molecule has 1 aromatic heterocycles. The van der Waals surface area contributed by atoms with Crippen molar-refractivity contribution in [3.05, 3.63) is 39.4 Å². The largest absolute Gasteiger partial charge is 0.313 e. The molecule has 1 aromatic carbocycles. The van der Waals surface area contributed by atoms with Crippen LogP contribution in [0.3, 0.4) is 0 Å².